The highest BCUT2D eigenvalue weighted by atomic mass is 35.5. The van der Waals surface area contributed by atoms with Crippen LogP contribution in [0.4, 0.5) is 13.2 Å². The molecule has 0 aromatic carbocycles. The molecule has 0 amide bonds. The second kappa shape index (κ2) is 4.45. The van der Waals surface area contributed by atoms with Crippen LogP contribution in [0.3, 0.4) is 0 Å². The van der Waals surface area contributed by atoms with E-state index < -0.39 is 28.4 Å². The summed E-state index contributed by atoms with van der Waals surface area (Å²) in [6.07, 6.45) is 0. The molecule has 1 saturated carbocycles. The van der Waals surface area contributed by atoms with Gasteiger partial charge in [-0.3, -0.25) is 0 Å². The molecular formula is C6Cl9F3. The monoisotopic (exact) mass is 444 g/mol. The smallest absolute Gasteiger partial charge is 0.217 e. The first-order chi connectivity index (χ1) is 7.50. The maximum atomic E-state index is 14.1. The summed E-state index contributed by atoms with van der Waals surface area (Å²) >= 11 is 48.0. The summed E-state index contributed by atoms with van der Waals surface area (Å²) in [7, 11) is 0. The van der Waals surface area contributed by atoms with Gasteiger partial charge < -0.3 is 0 Å². The third-order valence-corrected chi connectivity index (χ3v) is 8.64. The van der Waals surface area contributed by atoms with Gasteiger partial charge in [-0.2, -0.15) is 0 Å². The second-order valence-corrected chi connectivity index (χ2v) is 8.99. The van der Waals surface area contributed by atoms with E-state index in [9.17, 15) is 13.2 Å². The van der Waals surface area contributed by atoms with Crippen LogP contribution in [0.5, 0.6) is 0 Å². The Hall–Kier alpha value is 2.40. The van der Waals surface area contributed by atoms with Crippen LogP contribution < -0.4 is 0 Å². The lowest BCUT2D eigenvalue weighted by atomic mass is 9.90. The fourth-order valence-electron chi connectivity index (χ4n) is 1.18. The Morgan fingerprint density at radius 1 is 0.389 bits per heavy atom. The van der Waals surface area contributed by atoms with Crippen molar-refractivity contribution in [2.45, 2.75) is 28.4 Å². The van der Waals surface area contributed by atoms with E-state index in [0.29, 0.717) is 0 Å². The number of alkyl halides is 12. The molecule has 2 unspecified atom stereocenters. The molecule has 0 spiro atoms. The van der Waals surface area contributed by atoms with Crippen LogP contribution in [0.2, 0.25) is 0 Å². The van der Waals surface area contributed by atoms with Crippen LogP contribution >= 0.6 is 104 Å². The molecule has 0 N–H and O–H groups in total. The normalized spacial score (nSPS) is 50.0. The van der Waals surface area contributed by atoms with Gasteiger partial charge in [0, 0.05) is 0 Å². The zero-order valence-corrected chi connectivity index (χ0v) is 14.3. The highest BCUT2D eigenvalue weighted by Gasteiger charge is 2.91. The first kappa shape index (κ1) is 18.4. The van der Waals surface area contributed by atoms with Crippen molar-refractivity contribution in [3.63, 3.8) is 0 Å². The van der Waals surface area contributed by atoms with Gasteiger partial charge in [0.05, 0.1) is 0 Å². The molecule has 1 fully saturated rings. The van der Waals surface area contributed by atoms with E-state index in [1.807, 2.05) is 0 Å². The van der Waals surface area contributed by atoms with Crippen LogP contribution in [0.15, 0.2) is 0 Å². The summed E-state index contributed by atoms with van der Waals surface area (Å²) < 4.78 is 32.9. The molecular weight excluding hydrogens is 448 g/mol. The van der Waals surface area contributed by atoms with Gasteiger partial charge in [-0.15, -0.1) is 0 Å². The number of rotatable bonds is 0. The van der Waals surface area contributed by atoms with E-state index >= 15 is 0 Å². The summed E-state index contributed by atoms with van der Waals surface area (Å²) in [6.45, 7) is 0. The van der Waals surface area contributed by atoms with Crippen LogP contribution in [0.25, 0.3) is 0 Å². The lowest BCUT2D eigenvalue weighted by molar-refractivity contribution is -0.0522. The van der Waals surface area contributed by atoms with Crippen molar-refractivity contribution in [3.05, 3.63) is 0 Å². The molecule has 1 aliphatic carbocycles. The van der Waals surface area contributed by atoms with Crippen molar-refractivity contribution in [1.29, 1.82) is 0 Å². The van der Waals surface area contributed by atoms with Gasteiger partial charge in [-0.1, -0.05) is 104 Å². The Bertz CT molecular complexity index is 257. The number of hydrogen-bond donors (Lipinski definition) is 0. The fourth-order valence-corrected chi connectivity index (χ4v) is 4.25. The van der Waals surface area contributed by atoms with Crippen LogP contribution in [0.1, 0.15) is 0 Å². The van der Waals surface area contributed by atoms with Crippen LogP contribution in [0, 0.1) is 0 Å². The van der Waals surface area contributed by atoms with Gasteiger partial charge in [0.1, 0.15) is 0 Å². The summed E-state index contributed by atoms with van der Waals surface area (Å²) in [5.74, 6) is 0. The standard InChI is InChI=1S/C6Cl9F3/c7-1(8)2(9,10)4(13,16)6(15,18)5(14,17)3(1,11)12. The topological polar surface area (TPSA) is 0 Å². The van der Waals surface area contributed by atoms with E-state index in [2.05, 4.69) is 0 Å². The molecule has 108 valence electrons. The summed E-state index contributed by atoms with van der Waals surface area (Å²) in [5, 5.41) is -12.3. The third kappa shape index (κ3) is 1.75. The second-order valence-electron chi connectivity index (χ2n) is 3.45. The Kier molecular flexibility index (Phi) is 4.57. The van der Waals surface area contributed by atoms with E-state index in [4.69, 9.17) is 104 Å². The first-order valence-corrected chi connectivity index (χ1v) is 7.17. The Balaban J connectivity index is 3.72. The van der Waals surface area contributed by atoms with Crippen molar-refractivity contribution in [3.8, 4) is 0 Å². The predicted octanol–water partition coefficient (Wildman–Crippen LogP) is 6.24. The zero-order valence-electron chi connectivity index (χ0n) is 7.54. The van der Waals surface area contributed by atoms with Gasteiger partial charge in [-0.25, -0.2) is 13.2 Å². The third-order valence-electron chi connectivity index (χ3n) is 2.37. The summed E-state index contributed by atoms with van der Waals surface area (Å²) in [4.78, 5) is 0. The molecule has 0 radical (unpaired) electrons. The molecule has 0 nitrogen and oxygen atoms in total. The molecule has 0 bridgehead atoms. The SMILES string of the molecule is FC1(Cl)C(F)(Cl)C(Cl)(Cl)C(Cl)(Cl)C(Cl)(Cl)C1(F)Cl. The molecule has 0 aromatic rings. The van der Waals surface area contributed by atoms with Gasteiger partial charge >= 0.3 is 0 Å². The molecule has 0 aromatic heterocycles. The molecule has 0 saturated heterocycles. The molecule has 0 heterocycles. The minimum atomic E-state index is -4.23. The van der Waals surface area contributed by atoms with Gasteiger partial charge in [0.2, 0.25) is 8.67 Å². The Labute approximate surface area is 145 Å². The lowest BCUT2D eigenvalue weighted by Gasteiger charge is -2.57. The van der Waals surface area contributed by atoms with E-state index in [1.54, 1.807) is 0 Å². The quantitative estimate of drug-likeness (QED) is 0.386. The number of hydrogen-bond acceptors (Lipinski definition) is 0. The minimum Gasteiger partial charge on any atom is -0.217 e. The largest absolute Gasteiger partial charge is 0.285 e. The molecule has 12 heteroatoms. The van der Waals surface area contributed by atoms with Crippen molar-refractivity contribution in [2.24, 2.45) is 0 Å². The number of halogens is 12. The predicted molar refractivity (Wildman–Crippen MR) is 72.4 cm³/mol. The molecule has 1 rings (SSSR count). The average Bonchev–Trinajstić information content (AvgIpc) is 2.14. The zero-order chi connectivity index (χ0) is 15.0. The fraction of sp³-hybridized carbons (Fsp3) is 1.00. The first-order valence-electron chi connectivity index (χ1n) is 3.77. The Morgan fingerprint density at radius 3 is 0.833 bits per heavy atom. The van der Waals surface area contributed by atoms with E-state index in [0.717, 1.165) is 0 Å². The maximum Gasteiger partial charge on any atom is 0.285 e. The molecule has 2 atom stereocenters. The Morgan fingerprint density at radius 2 is 0.611 bits per heavy atom. The highest BCUT2D eigenvalue weighted by Crippen LogP contribution is 2.75. The molecule has 1 aliphatic rings. The van der Waals surface area contributed by atoms with Crippen molar-refractivity contribution >= 4 is 104 Å². The summed E-state index contributed by atoms with van der Waals surface area (Å²) in [6, 6.07) is 0. The van der Waals surface area contributed by atoms with E-state index in [1.165, 1.54) is 0 Å². The maximum absolute atomic E-state index is 14.1. The van der Waals surface area contributed by atoms with Crippen LogP contribution in [-0.4, -0.2) is 28.4 Å². The summed E-state index contributed by atoms with van der Waals surface area (Å²) in [5.41, 5.74) is 0. The molecule has 18 heavy (non-hydrogen) atoms. The minimum absolute atomic E-state index is 3.04. The highest BCUT2D eigenvalue weighted by molar-refractivity contribution is 6.74. The average molecular weight is 448 g/mol. The van der Waals surface area contributed by atoms with E-state index in [-0.39, 0.29) is 0 Å². The van der Waals surface area contributed by atoms with Gasteiger partial charge in [-0.05, 0) is 0 Å². The van der Waals surface area contributed by atoms with Crippen molar-refractivity contribution in [2.75, 3.05) is 0 Å². The van der Waals surface area contributed by atoms with Crippen LogP contribution in [-0.2, 0) is 0 Å². The molecule has 0 aliphatic heterocycles. The van der Waals surface area contributed by atoms with Crippen molar-refractivity contribution < 1.29 is 13.2 Å². The van der Waals surface area contributed by atoms with Gasteiger partial charge in [0.15, 0.2) is 4.33 Å². The van der Waals surface area contributed by atoms with Crippen molar-refractivity contribution in [1.82, 2.24) is 0 Å². The van der Waals surface area contributed by atoms with Gasteiger partial charge in [0.25, 0.3) is 15.4 Å². The lowest BCUT2D eigenvalue weighted by Crippen LogP contribution is -2.79.